The van der Waals surface area contributed by atoms with E-state index in [9.17, 15) is 9.59 Å². The Kier molecular flexibility index (Phi) is 3.42. The Labute approximate surface area is 100 Å². The summed E-state index contributed by atoms with van der Waals surface area (Å²) in [6.45, 7) is 2.86. The SMILES string of the molecule is CCOc1cccc(CN2C(=O)CCC2=O)c1. The number of hydrogen-bond acceptors (Lipinski definition) is 3. The zero-order chi connectivity index (χ0) is 12.3. The Bertz CT molecular complexity index is 426. The molecule has 1 fully saturated rings. The van der Waals surface area contributed by atoms with Crippen molar-refractivity contribution in [3.05, 3.63) is 29.8 Å². The van der Waals surface area contributed by atoms with Gasteiger partial charge in [0.05, 0.1) is 13.2 Å². The summed E-state index contributed by atoms with van der Waals surface area (Å²) in [4.78, 5) is 24.3. The van der Waals surface area contributed by atoms with E-state index in [1.807, 2.05) is 31.2 Å². The fourth-order valence-corrected chi connectivity index (χ4v) is 1.88. The average Bonchev–Trinajstić information content (AvgIpc) is 2.62. The molecular formula is C13H15NO3. The number of rotatable bonds is 4. The standard InChI is InChI=1S/C13H15NO3/c1-2-17-11-5-3-4-10(8-11)9-14-12(15)6-7-13(14)16/h3-5,8H,2,6-7,9H2,1H3. The van der Waals surface area contributed by atoms with Gasteiger partial charge >= 0.3 is 0 Å². The van der Waals surface area contributed by atoms with E-state index in [4.69, 9.17) is 4.74 Å². The van der Waals surface area contributed by atoms with E-state index in [0.717, 1.165) is 11.3 Å². The van der Waals surface area contributed by atoms with Crippen LogP contribution in [0, 0.1) is 0 Å². The second-order valence-electron chi connectivity index (χ2n) is 3.95. The Morgan fingerprint density at radius 1 is 1.24 bits per heavy atom. The monoisotopic (exact) mass is 233 g/mol. The predicted molar refractivity (Wildman–Crippen MR) is 62.4 cm³/mol. The molecule has 90 valence electrons. The van der Waals surface area contributed by atoms with Crippen molar-refractivity contribution in [3.8, 4) is 5.75 Å². The average molecular weight is 233 g/mol. The van der Waals surface area contributed by atoms with Crippen molar-refractivity contribution in [1.82, 2.24) is 4.90 Å². The van der Waals surface area contributed by atoms with E-state index in [-0.39, 0.29) is 11.8 Å². The van der Waals surface area contributed by atoms with Crippen LogP contribution in [0.15, 0.2) is 24.3 Å². The van der Waals surface area contributed by atoms with Crippen LogP contribution in [0.4, 0.5) is 0 Å². The summed E-state index contributed by atoms with van der Waals surface area (Å²) in [6, 6.07) is 7.48. The van der Waals surface area contributed by atoms with Crippen LogP contribution in [0.5, 0.6) is 5.75 Å². The number of amides is 2. The number of imide groups is 1. The molecule has 17 heavy (non-hydrogen) atoms. The molecule has 1 aliphatic heterocycles. The molecule has 0 saturated carbocycles. The first kappa shape index (κ1) is 11.6. The second kappa shape index (κ2) is 4.99. The fraction of sp³-hybridized carbons (Fsp3) is 0.385. The highest BCUT2D eigenvalue weighted by Crippen LogP contribution is 2.19. The lowest BCUT2D eigenvalue weighted by Crippen LogP contribution is -2.28. The van der Waals surface area contributed by atoms with Crippen LogP contribution in [-0.2, 0) is 16.1 Å². The smallest absolute Gasteiger partial charge is 0.229 e. The van der Waals surface area contributed by atoms with Crippen molar-refractivity contribution >= 4 is 11.8 Å². The van der Waals surface area contributed by atoms with Gasteiger partial charge in [-0.15, -0.1) is 0 Å². The molecule has 2 rings (SSSR count). The molecule has 0 radical (unpaired) electrons. The number of hydrogen-bond donors (Lipinski definition) is 0. The molecule has 1 saturated heterocycles. The first-order chi connectivity index (χ1) is 8.20. The lowest BCUT2D eigenvalue weighted by molar-refractivity contribution is -0.139. The van der Waals surface area contributed by atoms with Gasteiger partial charge in [0.15, 0.2) is 0 Å². The predicted octanol–water partition coefficient (Wildman–Crippen LogP) is 1.73. The molecule has 0 unspecified atom stereocenters. The Balaban J connectivity index is 2.10. The third-order valence-corrected chi connectivity index (χ3v) is 2.70. The molecular weight excluding hydrogens is 218 g/mol. The van der Waals surface area contributed by atoms with E-state index in [2.05, 4.69) is 0 Å². The van der Waals surface area contributed by atoms with Gasteiger partial charge in [0.2, 0.25) is 11.8 Å². The molecule has 1 aromatic rings. The zero-order valence-corrected chi connectivity index (χ0v) is 9.81. The maximum atomic E-state index is 11.5. The highest BCUT2D eigenvalue weighted by Gasteiger charge is 2.28. The number of nitrogens with zero attached hydrogens (tertiary/aromatic N) is 1. The third kappa shape index (κ3) is 2.64. The molecule has 0 aromatic heterocycles. The van der Waals surface area contributed by atoms with Crippen molar-refractivity contribution in [2.24, 2.45) is 0 Å². The summed E-state index contributed by atoms with van der Waals surface area (Å²) in [5.74, 6) is 0.595. The Morgan fingerprint density at radius 3 is 2.59 bits per heavy atom. The first-order valence-corrected chi connectivity index (χ1v) is 5.75. The van der Waals surface area contributed by atoms with E-state index < -0.39 is 0 Å². The van der Waals surface area contributed by atoms with Crippen LogP contribution in [0.3, 0.4) is 0 Å². The van der Waals surface area contributed by atoms with Crippen LogP contribution >= 0.6 is 0 Å². The number of benzene rings is 1. The van der Waals surface area contributed by atoms with Gasteiger partial charge in [-0.05, 0) is 24.6 Å². The van der Waals surface area contributed by atoms with Crippen molar-refractivity contribution in [2.45, 2.75) is 26.3 Å². The normalized spacial score (nSPS) is 15.5. The quantitative estimate of drug-likeness (QED) is 0.744. The molecule has 4 nitrogen and oxygen atoms in total. The van der Waals surface area contributed by atoms with Crippen LogP contribution in [0.2, 0.25) is 0 Å². The maximum Gasteiger partial charge on any atom is 0.229 e. The second-order valence-corrected chi connectivity index (χ2v) is 3.95. The van der Waals surface area contributed by atoms with Gasteiger partial charge in [-0.25, -0.2) is 0 Å². The number of likely N-dealkylation sites (tertiary alicyclic amines) is 1. The maximum absolute atomic E-state index is 11.5. The van der Waals surface area contributed by atoms with E-state index in [1.54, 1.807) is 0 Å². The molecule has 2 amide bonds. The van der Waals surface area contributed by atoms with E-state index >= 15 is 0 Å². The van der Waals surface area contributed by atoms with Crippen molar-refractivity contribution in [1.29, 1.82) is 0 Å². The molecule has 0 atom stereocenters. The molecule has 0 N–H and O–H groups in total. The van der Waals surface area contributed by atoms with E-state index in [0.29, 0.717) is 26.0 Å². The molecule has 0 bridgehead atoms. The topological polar surface area (TPSA) is 46.6 Å². The number of carbonyl (C=O) groups excluding carboxylic acids is 2. The lowest BCUT2D eigenvalue weighted by atomic mass is 10.2. The van der Waals surface area contributed by atoms with Crippen LogP contribution in [0.1, 0.15) is 25.3 Å². The third-order valence-electron chi connectivity index (χ3n) is 2.70. The summed E-state index contributed by atoms with van der Waals surface area (Å²) in [5, 5.41) is 0. The summed E-state index contributed by atoms with van der Waals surface area (Å²) < 4.78 is 5.38. The molecule has 1 aromatic carbocycles. The highest BCUT2D eigenvalue weighted by molar-refractivity contribution is 6.01. The first-order valence-electron chi connectivity index (χ1n) is 5.75. The molecule has 1 aliphatic rings. The van der Waals surface area contributed by atoms with Gasteiger partial charge in [0, 0.05) is 12.8 Å². The fourth-order valence-electron chi connectivity index (χ4n) is 1.88. The van der Waals surface area contributed by atoms with Gasteiger partial charge in [-0.3, -0.25) is 14.5 Å². The largest absolute Gasteiger partial charge is 0.494 e. The molecule has 0 aliphatic carbocycles. The van der Waals surface area contributed by atoms with E-state index in [1.165, 1.54) is 4.90 Å². The van der Waals surface area contributed by atoms with Crippen molar-refractivity contribution < 1.29 is 14.3 Å². The number of ether oxygens (including phenoxy) is 1. The molecule has 0 spiro atoms. The van der Waals surface area contributed by atoms with Crippen LogP contribution < -0.4 is 4.74 Å². The Morgan fingerprint density at radius 2 is 1.94 bits per heavy atom. The van der Waals surface area contributed by atoms with Gasteiger partial charge < -0.3 is 4.74 Å². The minimum Gasteiger partial charge on any atom is -0.494 e. The zero-order valence-electron chi connectivity index (χ0n) is 9.81. The van der Waals surface area contributed by atoms with Crippen LogP contribution in [-0.4, -0.2) is 23.3 Å². The lowest BCUT2D eigenvalue weighted by Gasteiger charge is -2.14. The van der Waals surface area contributed by atoms with Gasteiger partial charge in [-0.2, -0.15) is 0 Å². The summed E-state index contributed by atoms with van der Waals surface area (Å²) >= 11 is 0. The van der Waals surface area contributed by atoms with Gasteiger partial charge in [0.1, 0.15) is 5.75 Å². The van der Waals surface area contributed by atoms with Gasteiger partial charge in [-0.1, -0.05) is 12.1 Å². The number of carbonyl (C=O) groups is 2. The molecule has 4 heteroatoms. The summed E-state index contributed by atoms with van der Waals surface area (Å²) in [5.41, 5.74) is 0.916. The Hall–Kier alpha value is -1.84. The van der Waals surface area contributed by atoms with Gasteiger partial charge in [0.25, 0.3) is 0 Å². The highest BCUT2D eigenvalue weighted by atomic mass is 16.5. The summed E-state index contributed by atoms with van der Waals surface area (Å²) in [6.07, 6.45) is 0.675. The minimum atomic E-state index is -0.0863. The van der Waals surface area contributed by atoms with Crippen LogP contribution in [0.25, 0.3) is 0 Å². The minimum absolute atomic E-state index is 0.0863. The van der Waals surface area contributed by atoms with Crippen molar-refractivity contribution in [2.75, 3.05) is 6.61 Å². The summed E-state index contributed by atoms with van der Waals surface area (Å²) in [7, 11) is 0. The van der Waals surface area contributed by atoms with Crippen molar-refractivity contribution in [3.63, 3.8) is 0 Å². The molecule has 1 heterocycles.